The largest absolute Gasteiger partial charge is 0.380 e. The minimum absolute atomic E-state index is 0.791. The number of ether oxygens (including phenoxy) is 1. The molecule has 5 heteroatoms. The Morgan fingerprint density at radius 3 is 3.00 bits per heavy atom. The molecule has 1 aromatic rings. The van der Waals surface area contributed by atoms with Gasteiger partial charge in [-0.2, -0.15) is 0 Å². The fourth-order valence-corrected chi connectivity index (χ4v) is 2.32. The third kappa shape index (κ3) is 6.00. The van der Waals surface area contributed by atoms with E-state index < -0.39 is 0 Å². The van der Waals surface area contributed by atoms with Gasteiger partial charge < -0.3 is 10.1 Å². The molecule has 0 radical (unpaired) electrons. The van der Waals surface area contributed by atoms with Gasteiger partial charge in [-0.05, 0) is 20.4 Å². The van der Waals surface area contributed by atoms with E-state index in [1.165, 1.54) is 4.88 Å². The standard InChI is InChI=1S/C12H23N3OS/c1-4-6-13-12-14-9-11(17-12)10-15(3)7-8-16-5-2/h9H,4-8,10H2,1-3H3,(H,13,14). The molecule has 0 unspecified atom stereocenters. The van der Waals surface area contributed by atoms with Gasteiger partial charge in [0.1, 0.15) is 0 Å². The molecule has 0 saturated carbocycles. The van der Waals surface area contributed by atoms with Crippen molar-refractivity contribution in [2.45, 2.75) is 26.8 Å². The van der Waals surface area contributed by atoms with Gasteiger partial charge >= 0.3 is 0 Å². The first-order valence-corrected chi connectivity index (χ1v) is 7.02. The number of thiazole rings is 1. The Balaban J connectivity index is 2.27. The Morgan fingerprint density at radius 2 is 2.29 bits per heavy atom. The van der Waals surface area contributed by atoms with E-state index in [1.807, 2.05) is 13.1 Å². The van der Waals surface area contributed by atoms with Gasteiger partial charge in [0.15, 0.2) is 5.13 Å². The molecule has 1 rings (SSSR count). The number of aromatic nitrogens is 1. The Hall–Kier alpha value is -0.650. The van der Waals surface area contributed by atoms with Crippen molar-refractivity contribution in [3.8, 4) is 0 Å². The lowest BCUT2D eigenvalue weighted by Gasteiger charge is -2.14. The molecule has 0 aliphatic heterocycles. The Morgan fingerprint density at radius 1 is 1.47 bits per heavy atom. The van der Waals surface area contributed by atoms with Crippen molar-refractivity contribution >= 4 is 16.5 Å². The van der Waals surface area contributed by atoms with Crippen LogP contribution < -0.4 is 5.32 Å². The molecule has 0 atom stereocenters. The topological polar surface area (TPSA) is 37.4 Å². The summed E-state index contributed by atoms with van der Waals surface area (Å²) >= 11 is 1.74. The van der Waals surface area contributed by atoms with E-state index in [0.717, 1.165) is 44.4 Å². The number of hydrogen-bond acceptors (Lipinski definition) is 5. The van der Waals surface area contributed by atoms with Crippen LogP contribution in [0.25, 0.3) is 0 Å². The SMILES string of the molecule is CCCNc1ncc(CN(C)CCOCC)s1. The average molecular weight is 257 g/mol. The first kappa shape index (κ1) is 14.4. The molecule has 4 nitrogen and oxygen atoms in total. The van der Waals surface area contributed by atoms with Gasteiger partial charge in [-0.15, -0.1) is 11.3 Å². The summed E-state index contributed by atoms with van der Waals surface area (Å²) in [6.45, 7) is 8.67. The smallest absolute Gasteiger partial charge is 0.182 e. The number of rotatable bonds is 9. The fourth-order valence-electron chi connectivity index (χ4n) is 1.40. The van der Waals surface area contributed by atoms with Crippen LogP contribution in [0.5, 0.6) is 0 Å². The van der Waals surface area contributed by atoms with Gasteiger partial charge in [-0.1, -0.05) is 6.92 Å². The highest BCUT2D eigenvalue weighted by Crippen LogP contribution is 2.19. The molecule has 0 fully saturated rings. The van der Waals surface area contributed by atoms with Gasteiger partial charge in [0.2, 0.25) is 0 Å². The summed E-state index contributed by atoms with van der Waals surface area (Å²) in [4.78, 5) is 7.90. The quantitative estimate of drug-likeness (QED) is 0.690. The van der Waals surface area contributed by atoms with E-state index >= 15 is 0 Å². The summed E-state index contributed by atoms with van der Waals surface area (Å²) in [5.74, 6) is 0. The Kier molecular flexibility index (Phi) is 7.16. The second kappa shape index (κ2) is 8.44. The van der Waals surface area contributed by atoms with E-state index in [-0.39, 0.29) is 0 Å². The van der Waals surface area contributed by atoms with Crippen LogP contribution in [-0.2, 0) is 11.3 Å². The minimum atomic E-state index is 0.791. The minimum Gasteiger partial charge on any atom is -0.380 e. The molecule has 0 bridgehead atoms. The predicted octanol–water partition coefficient (Wildman–Crippen LogP) is 2.43. The third-order valence-electron chi connectivity index (χ3n) is 2.33. The van der Waals surface area contributed by atoms with Crippen molar-refractivity contribution in [2.75, 3.05) is 38.7 Å². The van der Waals surface area contributed by atoms with Crippen LogP contribution in [0.2, 0.25) is 0 Å². The third-order valence-corrected chi connectivity index (χ3v) is 3.27. The molecule has 0 amide bonds. The number of nitrogens with one attached hydrogen (secondary N) is 1. The lowest BCUT2D eigenvalue weighted by Crippen LogP contribution is -2.22. The number of nitrogens with zero attached hydrogens (tertiary/aromatic N) is 2. The Labute approximate surface area is 108 Å². The molecule has 0 spiro atoms. The molecule has 1 N–H and O–H groups in total. The summed E-state index contributed by atoms with van der Waals surface area (Å²) in [6.07, 6.45) is 3.09. The zero-order valence-electron chi connectivity index (χ0n) is 11.0. The maximum Gasteiger partial charge on any atom is 0.182 e. The first-order chi connectivity index (χ1) is 8.26. The molecule has 0 saturated heterocycles. The molecule has 1 heterocycles. The van der Waals surface area contributed by atoms with Crippen molar-refractivity contribution in [1.29, 1.82) is 0 Å². The molecule has 98 valence electrons. The van der Waals surface area contributed by atoms with Crippen LogP contribution in [0.4, 0.5) is 5.13 Å². The number of hydrogen-bond donors (Lipinski definition) is 1. The zero-order valence-corrected chi connectivity index (χ0v) is 11.8. The highest BCUT2D eigenvalue weighted by Gasteiger charge is 2.04. The van der Waals surface area contributed by atoms with Gasteiger partial charge in [0.25, 0.3) is 0 Å². The second-order valence-electron chi connectivity index (χ2n) is 3.99. The summed E-state index contributed by atoms with van der Waals surface area (Å²) in [5.41, 5.74) is 0. The van der Waals surface area contributed by atoms with Gasteiger partial charge in [0.05, 0.1) is 6.61 Å². The van der Waals surface area contributed by atoms with Crippen LogP contribution in [0.3, 0.4) is 0 Å². The summed E-state index contributed by atoms with van der Waals surface area (Å²) in [7, 11) is 2.11. The molecule has 1 aromatic heterocycles. The van der Waals surface area contributed by atoms with Crippen molar-refractivity contribution in [1.82, 2.24) is 9.88 Å². The maximum atomic E-state index is 5.33. The van der Waals surface area contributed by atoms with E-state index in [0.29, 0.717) is 0 Å². The predicted molar refractivity (Wildman–Crippen MR) is 73.7 cm³/mol. The number of anilines is 1. The van der Waals surface area contributed by atoms with Gasteiger partial charge in [-0.3, -0.25) is 4.90 Å². The monoisotopic (exact) mass is 257 g/mol. The van der Waals surface area contributed by atoms with Gasteiger partial charge in [-0.25, -0.2) is 4.98 Å². The van der Waals surface area contributed by atoms with Crippen molar-refractivity contribution in [3.63, 3.8) is 0 Å². The van der Waals surface area contributed by atoms with Crippen molar-refractivity contribution in [2.24, 2.45) is 0 Å². The molecule has 17 heavy (non-hydrogen) atoms. The van der Waals surface area contributed by atoms with Crippen molar-refractivity contribution in [3.05, 3.63) is 11.1 Å². The second-order valence-corrected chi connectivity index (χ2v) is 5.11. The van der Waals surface area contributed by atoms with Crippen LogP contribution in [0.15, 0.2) is 6.20 Å². The summed E-state index contributed by atoms with van der Waals surface area (Å²) in [6, 6.07) is 0. The van der Waals surface area contributed by atoms with Crippen LogP contribution >= 0.6 is 11.3 Å². The average Bonchev–Trinajstić information content (AvgIpc) is 2.74. The van der Waals surface area contributed by atoms with E-state index in [1.54, 1.807) is 11.3 Å². The highest BCUT2D eigenvalue weighted by atomic mass is 32.1. The van der Waals surface area contributed by atoms with Gasteiger partial charge in [0, 0.05) is 37.3 Å². The molecular weight excluding hydrogens is 234 g/mol. The summed E-state index contributed by atoms with van der Waals surface area (Å²) in [5, 5.41) is 4.33. The molecule has 0 aromatic carbocycles. The van der Waals surface area contributed by atoms with E-state index in [2.05, 4.69) is 29.2 Å². The molecule has 0 aliphatic carbocycles. The number of likely N-dealkylation sites (N-methyl/N-ethyl adjacent to an activating group) is 1. The van der Waals surface area contributed by atoms with E-state index in [9.17, 15) is 0 Å². The summed E-state index contributed by atoms with van der Waals surface area (Å²) < 4.78 is 5.33. The fraction of sp³-hybridized carbons (Fsp3) is 0.750. The lowest BCUT2D eigenvalue weighted by molar-refractivity contribution is 0.120. The first-order valence-electron chi connectivity index (χ1n) is 6.21. The maximum absolute atomic E-state index is 5.33. The Bertz CT molecular complexity index is 304. The normalized spacial score (nSPS) is 11.1. The van der Waals surface area contributed by atoms with E-state index in [4.69, 9.17) is 4.74 Å². The van der Waals surface area contributed by atoms with Crippen molar-refractivity contribution < 1.29 is 4.74 Å². The lowest BCUT2D eigenvalue weighted by atomic mass is 10.5. The van der Waals surface area contributed by atoms with Crippen LogP contribution in [0.1, 0.15) is 25.1 Å². The highest BCUT2D eigenvalue weighted by molar-refractivity contribution is 7.15. The zero-order chi connectivity index (χ0) is 12.5. The molecular formula is C12H23N3OS. The van der Waals surface area contributed by atoms with Crippen LogP contribution in [0, 0.1) is 0 Å². The van der Waals surface area contributed by atoms with Crippen LogP contribution in [-0.4, -0.2) is 43.2 Å². The molecule has 0 aliphatic rings.